The van der Waals surface area contributed by atoms with E-state index in [0.29, 0.717) is 11.6 Å². The molecule has 8 heteroatoms. The zero-order valence-electron chi connectivity index (χ0n) is 12.9. The van der Waals surface area contributed by atoms with Gasteiger partial charge in [-0.2, -0.15) is 4.98 Å². The molecule has 0 fully saturated rings. The summed E-state index contributed by atoms with van der Waals surface area (Å²) in [5, 5.41) is 8.64. The Kier molecular flexibility index (Phi) is 3.01. The molecule has 4 heterocycles. The van der Waals surface area contributed by atoms with Gasteiger partial charge in [-0.1, -0.05) is 0 Å². The predicted molar refractivity (Wildman–Crippen MR) is 96.7 cm³/mol. The van der Waals surface area contributed by atoms with E-state index < -0.39 is 0 Å². The van der Waals surface area contributed by atoms with Gasteiger partial charge in [-0.05, 0) is 48.0 Å². The number of aromatic amines is 1. The number of benzene rings is 1. The Hall–Kier alpha value is -3.32. The SMILES string of the molecule is Clc1nc(Nc2cn(-c3ccc4[nH]ccc4c3)cn2)c2cccn2n1. The number of hydrogen-bond acceptors (Lipinski definition) is 4. The number of nitrogens with one attached hydrogen (secondary N) is 2. The molecule has 0 radical (unpaired) electrons. The number of imidazole rings is 1. The Morgan fingerprint density at radius 3 is 3.08 bits per heavy atom. The zero-order chi connectivity index (χ0) is 16.8. The smallest absolute Gasteiger partial charge is 0.243 e. The van der Waals surface area contributed by atoms with E-state index in [-0.39, 0.29) is 5.28 Å². The van der Waals surface area contributed by atoms with E-state index in [4.69, 9.17) is 11.6 Å². The first-order valence-corrected chi connectivity index (χ1v) is 8.03. The highest BCUT2D eigenvalue weighted by molar-refractivity contribution is 6.28. The van der Waals surface area contributed by atoms with Crippen molar-refractivity contribution >= 4 is 39.7 Å². The van der Waals surface area contributed by atoms with Crippen LogP contribution in [0.1, 0.15) is 0 Å². The third kappa shape index (κ3) is 2.41. The fourth-order valence-corrected chi connectivity index (χ4v) is 3.02. The topological polar surface area (TPSA) is 75.8 Å². The first-order valence-electron chi connectivity index (χ1n) is 7.66. The van der Waals surface area contributed by atoms with Crippen molar-refractivity contribution in [2.24, 2.45) is 0 Å². The maximum absolute atomic E-state index is 5.98. The van der Waals surface area contributed by atoms with E-state index in [9.17, 15) is 0 Å². The van der Waals surface area contributed by atoms with E-state index >= 15 is 0 Å². The highest BCUT2D eigenvalue weighted by Crippen LogP contribution is 2.22. The first-order chi connectivity index (χ1) is 12.3. The van der Waals surface area contributed by atoms with Crippen LogP contribution in [-0.2, 0) is 0 Å². The van der Waals surface area contributed by atoms with Crippen LogP contribution in [0.4, 0.5) is 11.6 Å². The lowest BCUT2D eigenvalue weighted by Crippen LogP contribution is -2.01. The molecule has 0 saturated carbocycles. The van der Waals surface area contributed by atoms with Crippen molar-refractivity contribution in [2.45, 2.75) is 0 Å². The molecule has 122 valence electrons. The van der Waals surface area contributed by atoms with Crippen molar-refractivity contribution in [3.63, 3.8) is 0 Å². The van der Waals surface area contributed by atoms with Gasteiger partial charge in [-0.25, -0.2) is 9.50 Å². The molecule has 0 amide bonds. The van der Waals surface area contributed by atoms with Crippen molar-refractivity contribution in [1.82, 2.24) is 29.1 Å². The third-order valence-corrected chi connectivity index (χ3v) is 4.19. The van der Waals surface area contributed by atoms with Crippen LogP contribution in [0.2, 0.25) is 5.28 Å². The molecule has 25 heavy (non-hydrogen) atoms. The molecule has 0 aliphatic rings. The summed E-state index contributed by atoms with van der Waals surface area (Å²) >= 11 is 5.98. The molecule has 0 spiro atoms. The molecule has 0 aliphatic carbocycles. The van der Waals surface area contributed by atoms with Crippen molar-refractivity contribution < 1.29 is 0 Å². The van der Waals surface area contributed by atoms with Crippen LogP contribution in [0.25, 0.3) is 22.1 Å². The molecule has 5 aromatic rings. The van der Waals surface area contributed by atoms with Gasteiger partial charge in [-0.3, -0.25) is 0 Å². The van der Waals surface area contributed by atoms with Crippen LogP contribution < -0.4 is 5.32 Å². The summed E-state index contributed by atoms with van der Waals surface area (Å²) in [5.74, 6) is 1.28. The summed E-state index contributed by atoms with van der Waals surface area (Å²) in [6.45, 7) is 0. The highest BCUT2D eigenvalue weighted by Gasteiger charge is 2.09. The molecule has 1 aromatic carbocycles. The molecule has 0 unspecified atom stereocenters. The maximum Gasteiger partial charge on any atom is 0.243 e. The van der Waals surface area contributed by atoms with Gasteiger partial charge in [0.2, 0.25) is 5.28 Å². The number of nitrogens with zero attached hydrogens (tertiary/aromatic N) is 5. The molecule has 4 aromatic heterocycles. The van der Waals surface area contributed by atoms with Crippen LogP contribution in [0, 0.1) is 0 Å². The Bertz CT molecular complexity index is 1200. The van der Waals surface area contributed by atoms with Gasteiger partial charge in [0.1, 0.15) is 17.7 Å². The summed E-state index contributed by atoms with van der Waals surface area (Å²) in [6, 6.07) is 12.0. The van der Waals surface area contributed by atoms with E-state index in [0.717, 1.165) is 22.1 Å². The Labute approximate surface area is 146 Å². The fourth-order valence-electron chi connectivity index (χ4n) is 2.85. The van der Waals surface area contributed by atoms with E-state index in [1.54, 1.807) is 10.8 Å². The van der Waals surface area contributed by atoms with Gasteiger partial charge in [0.25, 0.3) is 0 Å². The van der Waals surface area contributed by atoms with Gasteiger partial charge >= 0.3 is 0 Å². The molecule has 0 bridgehead atoms. The first kappa shape index (κ1) is 14.1. The number of halogens is 1. The van der Waals surface area contributed by atoms with Gasteiger partial charge in [0.15, 0.2) is 5.82 Å². The average molecular weight is 350 g/mol. The normalized spacial score (nSPS) is 11.4. The Morgan fingerprint density at radius 2 is 2.12 bits per heavy atom. The van der Waals surface area contributed by atoms with Gasteiger partial charge in [0, 0.05) is 29.0 Å². The lowest BCUT2D eigenvalue weighted by Gasteiger charge is -2.05. The molecule has 5 rings (SSSR count). The summed E-state index contributed by atoms with van der Waals surface area (Å²) in [4.78, 5) is 11.9. The zero-order valence-corrected chi connectivity index (χ0v) is 13.6. The summed E-state index contributed by atoms with van der Waals surface area (Å²) in [6.07, 6.45) is 7.41. The lowest BCUT2D eigenvalue weighted by molar-refractivity contribution is 0.907. The molecule has 0 aliphatic heterocycles. The van der Waals surface area contributed by atoms with Crippen LogP contribution >= 0.6 is 11.6 Å². The van der Waals surface area contributed by atoms with Crippen molar-refractivity contribution in [3.05, 3.63) is 66.6 Å². The number of H-pyrrole nitrogens is 1. The molecule has 0 saturated heterocycles. The van der Waals surface area contributed by atoms with Gasteiger partial charge in [0.05, 0.1) is 6.20 Å². The largest absolute Gasteiger partial charge is 0.361 e. The maximum atomic E-state index is 5.98. The molecule has 0 atom stereocenters. The quantitative estimate of drug-likeness (QED) is 0.519. The van der Waals surface area contributed by atoms with Crippen LogP contribution in [0.15, 0.2) is 61.3 Å². The number of anilines is 2. The van der Waals surface area contributed by atoms with E-state index in [1.807, 2.05) is 53.5 Å². The number of aromatic nitrogens is 6. The third-order valence-electron chi connectivity index (χ3n) is 4.03. The molecule has 7 nitrogen and oxygen atoms in total. The van der Waals surface area contributed by atoms with Crippen LogP contribution in [0.3, 0.4) is 0 Å². The highest BCUT2D eigenvalue weighted by atomic mass is 35.5. The van der Waals surface area contributed by atoms with Crippen molar-refractivity contribution in [1.29, 1.82) is 0 Å². The minimum Gasteiger partial charge on any atom is -0.361 e. The second kappa shape index (κ2) is 5.35. The lowest BCUT2D eigenvalue weighted by atomic mass is 10.2. The minimum absolute atomic E-state index is 0.170. The molecular formula is C17H12ClN7. The molecular weight excluding hydrogens is 338 g/mol. The summed E-state index contributed by atoms with van der Waals surface area (Å²) in [5.41, 5.74) is 2.96. The molecule has 2 N–H and O–H groups in total. The summed E-state index contributed by atoms with van der Waals surface area (Å²) < 4.78 is 3.63. The fraction of sp³-hybridized carbons (Fsp3) is 0. The van der Waals surface area contributed by atoms with Gasteiger partial charge < -0.3 is 14.9 Å². The number of rotatable bonds is 3. The average Bonchev–Trinajstić information content (AvgIpc) is 3.34. The standard InChI is InChI=1S/C17H12ClN7/c18-17-22-16(14-2-1-7-25(14)23-17)21-15-9-24(10-20-15)12-3-4-13-11(8-12)5-6-19-13/h1-10,19H,(H,21,22,23). The second-order valence-electron chi connectivity index (χ2n) is 5.61. The van der Waals surface area contributed by atoms with E-state index in [1.165, 1.54) is 0 Å². The number of hydrogen-bond donors (Lipinski definition) is 2. The van der Waals surface area contributed by atoms with Gasteiger partial charge in [-0.15, -0.1) is 5.10 Å². The van der Waals surface area contributed by atoms with Crippen molar-refractivity contribution in [3.8, 4) is 5.69 Å². The minimum atomic E-state index is 0.170. The van der Waals surface area contributed by atoms with Crippen molar-refractivity contribution in [2.75, 3.05) is 5.32 Å². The summed E-state index contributed by atoms with van der Waals surface area (Å²) in [7, 11) is 0. The Morgan fingerprint density at radius 1 is 1.16 bits per heavy atom. The second-order valence-corrected chi connectivity index (χ2v) is 5.95. The van der Waals surface area contributed by atoms with Crippen LogP contribution in [-0.4, -0.2) is 29.1 Å². The predicted octanol–water partition coefficient (Wildman–Crippen LogP) is 3.79. The monoisotopic (exact) mass is 349 g/mol. The number of fused-ring (bicyclic) bond motifs is 2. The van der Waals surface area contributed by atoms with Crippen LogP contribution in [0.5, 0.6) is 0 Å². The Balaban J connectivity index is 1.50. The van der Waals surface area contributed by atoms with E-state index in [2.05, 4.69) is 31.4 Å².